The van der Waals surface area contributed by atoms with Crippen LogP contribution in [0.4, 0.5) is 4.79 Å². The molecule has 1 heterocycles. The number of benzene rings is 1. The molecule has 2 rings (SSSR count). The van der Waals surface area contributed by atoms with Crippen molar-refractivity contribution in [2.24, 2.45) is 0 Å². The van der Waals surface area contributed by atoms with E-state index in [0.29, 0.717) is 6.42 Å². The van der Waals surface area contributed by atoms with Crippen LogP contribution < -0.4 is 15.4 Å². The molecule has 0 bridgehead atoms. The third-order valence-electron chi connectivity index (χ3n) is 3.24. The van der Waals surface area contributed by atoms with Gasteiger partial charge in [0.25, 0.3) is 0 Å². The third-order valence-corrected chi connectivity index (χ3v) is 3.24. The Labute approximate surface area is 121 Å². The third kappa shape index (κ3) is 3.85. The molecule has 7 heteroatoms. The van der Waals surface area contributed by atoms with Crippen molar-refractivity contribution in [1.29, 1.82) is 0 Å². The zero-order valence-electron chi connectivity index (χ0n) is 11.6. The largest absolute Gasteiger partial charge is 0.488 e. The molecule has 7 nitrogen and oxygen atoms in total. The molecule has 4 N–H and O–H groups in total. The maximum Gasteiger partial charge on any atom is 0.328 e. The number of aliphatic hydroxyl groups excluding tert-OH is 1. The lowest BCUT2D eigenvalue weighted by Crippen LogP contribution is -2.52. The van der Waals surface area contributed by atoms with Crippen molar-refractivity contribution in [3.05, 3.63) is 29.8 Å². The van der Waals surface area contributed by atoms with Gasteiger partial charge in [-0.25, -0.2) is 9.59 Å². The van der Waals surface area contributed by atoms with E-state index in [2.05, 4.69) is 10.6 Å². The number of hydrogen-bond acceptors (Lipinski definition) is 4. The van der Waals surface area contributed by atoms with Crippen LogP contribution in [0.5, 0.6) is 5.75 Å². The van der Waals surface area contributed by atoms with Crippen LogP contribution >= 0.6 is 0 Å². The zero-order valence-corrected chi connectivity index (χ0v) is 11.6. The lowest BCUT2D eigenvalue weighted by atomic mass is 10.1. The fourth-order valence-electron chi connectivity index (χ4n) is 2.16. The van der Waals surface area contributed by atoms with Gasteiger partial charge in [-0.05, 0) is 18.6 Å². The van der Waals surface area contributed by atoms with Crippen LogP contribution in [0.15, 0.2) is 24.3 Å². The van der Waals surface area contributed by atoms with E-state index >= 15 is 0 Å². The minimum Gasteiger partial charge on any atom is -0.488 e. The molecule has 0 fully saturated rings. The minimum atomic E-state index is -1.34. The van der Waals surface area contributed by atoms with E-state index in [-0.39, 0.29) is 12.6 Å². The lowest BCUT2D eigenvalue weighted by molar-refractivity contribution is -0.141. The number of rotatable bonds is 5. The van der Waals surface area contributed by atoms with Crippen molar-refractivity contribution in [3.8, 4) is 5.75 Å². The summed E-state index contributed by atoms with van der Waals surface area (Å²) >= 11 is 0. The summed E-state index contributed by atoms with van der Waals surface area (Å²) in [6.07, 6.45) is -0.668. The molecule has 0 saturated carbocycles. The summed E-state index contributed by atoms with van der Waals surface area (Å²) < 4.78 is 5.65. The van der Waals surface area contributed by atoms with Gasteiger partial charge in [0.1, 0.15) is 11.9 Å². The first kappa shape index (κ1) is 15.1. The molecule has 0 aliphatic carbocycles. The van der Waals surface area contributed by atoms with Crippen molar-refractivity contribution < 1.29 is 24.5 Å². The predicted molar refractivity (Wildman–Crippen MR) is 74.2 cm³/mol. The highest BCUT2D eigenvalue weighted by Gasteiger charge is 2.26. The van der Waals surface area contributed by atoms with Crippen LogP contribution in [-0.4, -0.2) is 47.0 Å². The Kier molecular flexibility index (Phi) is 4.64. The molecule has 21 heavy (non-hydrogen) atoms. The zero-order chi connectivity index (χ0) is 15.4. The Bertz CT molecular complexity index is 507. The number of amides is 2. The van der Waals surface area contributed by atoms with Gasteiger partial charge in [0, 0.05) is 6.42 Å². The normalized spacial score (nSPS) is 19.0. The van der Waals surface area contributed by atoms with Crippen molar-refractivity contribution in [3.63, 3.8) is 0 Å². The summed E-state index contributed by atoms with van der Waals surface area (Å²) in [4.78, 5) is 22.5. The average molecular weight is 294 g/mol. The molecule has 1 aromatic carbocycles. The Morgan fingerprint density at radius 1 is 1.43 bits per heavy atom. The molecule has 1 aromatic rings. The highest BCUT2D eigenvalue weighted by atomic mass is 16.5. The van der Waals surface area contributed by atoms with Gasteiger partial charge < -0.3 is 25.6 Å². The average Bonchev–Trinajstić information content (AvgIpc) is 2.84. The van der Waals surface area contributed by atoms with E-state index in [1.54, 1.807) is 0 Å². The second kappa shape index (κ2) is 6.45. The van der Waals surface area contributed by atoms with Crippen molar-refractivity contribution in [2.45, 2.75) is 31.6 Å². The van der Waals surface area contributed by atoms with Crippen molar-refractivity contribution >= 4 is 12.0 Å². The van der Waals surface area contributed by atoms with Crippen LogP contribution in [-0.2, 0) is 11.2 Å². The van der Waals surface area contributed by atoms with E-state index in [1.165, 1.54) is 6.92 Å². The molecule has 0 radical (unpaired) electrons. The maximum absolute atomic E-state index is 11.6. The Balaban J connectivity index is 1.79. The van der Waals surface area contributed by atoms with Crippen molar-refractivity contribution in [2.75, 3.05) is 6.54 Å². The van der Waals surface area contributed by atoms with Crippen LogP contribution in [0.1, 0.15) is 12.5 Å². The summed E-state index contributed by atoms with van der Waals surface area (Å²) in [6, 6.07) is 5.63. The van der Waals surface area contributed by atoms with Crippen LogP contribution in [0.3, 0.4) is 0 Å². The number of para-hydroxylation sites is 1. The summed E-state index contributed by atoms with van der Waals surface area (Å²) in [5.74, 6) is -0.484. The molecular weight excluding hydrogens is 276 g/mol. The Morgan fingerprint density at radius 3 is 2.76 bits per heavy atom. The molecule has 1 aliphatic rings. The van der Waals surface area contributed by atoms with E-state index in [0.717, 1.165) is 11.3 Å². The lowest BCUT2D eigenvalue weighted by Gasteiger charge is -2.18. The number of carbonyl (C=O) groups is 2. The summed E-state index contributed by atoms with van der Waals surface area (Å²) in [5.41, 5.74) is 1.08. The fourth-order valence-corrected chi connectivity index (χ4v) is 2.16. The first-order valence-corrected chi connectivity index (χ1v) is 6.67. The fraction of sp³-hybridized carbons (Fsp3) is 0.429. The quantitative estimate of drug-likeness (QED) is 0.617. The molecular formula is C14H18N2O5. The summed E-state index contributed by atoms with van der Waals surface area (Å²) in [5, 5.41) is 22.9. The van der Waals surface area contributed by atoms with Crippen LogP contribution in [0, 0.1) is 0 Å². The van der Waals surface area contributed by atoms with Gasteiger partial charge in [0.2, 0.25) is 0 Å². The number of fused-ring (bicyclic) bond motifs is 1. The van der Waals surface area contributed by atoms with Gasteiger partial charge in [-0.1, -0.05) is 18.2 Å². The molecule has 2 amide bonds. The van der Waals surface area contributed by atoms with Crippen molar-refractivity contribution in [1.82, 2.24) is 10.6 Å². The number of ether oxygens (including phenoxy) is 1. The van der Waals surface area contributed by atoms with Crippen LogP contribution in [0.25, 0.3) is 0 Å². The number of hydrogen-bond donors (Lipinski definition) is 4. The number of carboxylic acid groups (broad SMARTS) is 1. The van der Waals surface area contributed by atoms with Gasteiger partial charge in [-0.3, -0.25) is 0 Å². The van der Waals surface area contributed by atoms with E-state index in [4.69, 9.17) is 9.84 Å². The van der Waals surface area contributed by atoms with Gasteiger partial charge in [0.05, 0.1) is 12.6 Å². The molecule has 3 atom stereocenters. The monoisotopic (exact) mass is 294 g/mol. The van der Waals surface area contributed by atoms with Gasteiger partial charge in [0.15, 0.2) is 6.04 Å². The topological polar surface area (TPSA) is 108 Å². The number of aliphatic carboxylic acids is 1. The smallest absolute Gasteiger partial charge is 0.328 e. The molecule has 1 aliphatic heterocycles. The SMILES string of the molecule is C[C@@H](O)[C@H](NC(=O)NCC1Cc2ccccc2O1)C(=O)O. The summed E-state index contributed by atoms with van der Waals surface area (Å²) in [7, 11) is 0. The first-order chi connectivity index (χ1) is 9.97. The highest BCUT2D eigenvalue weighted by Crippen LogP contribution is 2.27. The molecule has 0 spiro atoms. The number of urea groups is 1. The molecule has 0 aromatic heterocycles. The van der Waals surface area contributed by atoms with Gasteiger partial charge in [-0.2, -0.15) is 0 Å². The van der Waals surface area contributed by atoms with Gasteiger partial charge >= 0.3 is 12.0 Å². The molecule has 1 unspecified atom stereocenters. The second-order valence-electron chi connectivity index (χ2n) is 4.96. The second-order valence-corrected chi connectivity index (χ2v) is 4.96. The summed E-state index contributed by atoms with van der Waals surface area (Å²) in [6.45, 7) is 1.56. The Hall–Kier alpha value is -2.28. The highest BCUT2D eigenvalue weighted by molar-refractivity contribution is 5.82. The maximum atomic E-state index is 11.6. The first-order valence-electron chi connectivity index (χ1n) is 6.67. The predicted octanol–water partition coefficient (Wildman–Crippen LogP) is 0.123. The standard InChI is InChI=1S/C14H18N2O5/c1-8(17)12(13(18)19)16-14(20)15-7-10-6-9-4-2-3-5-11(9)21-10/h2-5,8,10,12,17H,6-7H2,1H3,(H,18,19)(H2,15,16,20)/t8-,10?,12+/m1/s1. The van der Waals surface area contributed by atoms with Crippen LogP contribution in [0.2, 0.25) is 0 Å². The van der Waals surface area contributed by atoms with Gasteiger partial charge in [-0.15, -0.1) is 0 Å². The van der Waals surface area contributed by atoms with E-state index in [9.17, 15) is 14.7 Å². The number of carbonyl (C=O) groups excluding carboxylic acids is 1. The minimum absolute atomic E-state index is 0.178. The number of aliphatic hydroxyl groups is 1. The molecule has 114 valence electrons. The molecule has 0 saturated heterocycles. The Morgan fingerprint density at radius 2 is 2.14 bits per heavy atom. The number of nitrogens with one attached hydrogen (secondary N) is 2. The van der Waals surface area contributed by atoms with E-state index < -0.39 is 24.1 Å². The number of carboxylic acids is 1. The van der Waals surface area contributed by atoms with E-state index in [1.807, 2.05) is 24.3 Å².